The molecule has 1 amide bonds. The Balaban J connectivity index is 1.60. The molecule has 0 fully saturated rings. The number of benzene rings is 2. The smallest absolute Gasteiger partial charge is 0.233 e. The molecular weight excluding hydrogens is 444 g/mol. The molecule has 0 bridgehead atoms. The van der Waals surface area contributed by atoms with Gasteiger partial charge in [0.2, 0.25) is 17.7 Å². The fourth-order valence-electron chi connectivity index (χ4n) is 2.66. The molecule has 0 aliphatic heterocycles. The number of ether oxygens (including phenoxy) is 1. The largest absolute Gasteiger partial charge is 0.464 e. The van der Waals surface area contributed by atoms with Crippen LogP contribution in [-0.2, 0) is 11.2 Å². The van der Waals surface area contributed by atoms with Gasteiger partial charge in [0.1, 0.15) is 0 Å². The summed E-state index contributed by atoms with van der Waals surface area (Å²) in [6.07, 6.45) is 7.90. The quantitative estimate of drug-likeness (QED) is 0.464. The molecule has 0 saturated heterocycles. The molecule has 2 N–H and O–H groups in total. The molecule has 0 aliphatic carbocycles. The zero-order chi connectivity index (χ0) is 21.3. The zero-order valence-electron chi connectivity index (χ0n) is 16.5. The van der Waals surface area contributed by atoms with Gasteiger partial charge in [-0.3, -0.25) is 4.79 Å². The van der Waals surface area contributed by atoms with Gasteiger partial charge in [0.15, 0.2) is 6.61 Å². The molecule has 0 radical (unpaired) electrons. The van der Waals surface area contributed by atoms with Crippen molar-refractivity contribution < 1.29 is 9.53 Å². The van der Waals surface area contributed by atoms with Crippen LogP contribution in [0.25, 0.3) is 0 Å². The molecule has 7 heteroatoms. The SMILES string of the molecule is C#CCOc1nc(Nc2cccc(NC(=O)CCc3ccc(C)cc3)c2)ncc1Br. The van der Waals surface area contributed by atoms with Crippen molar-refractivity contribution in [2.24, 2.45) is 0 Å². The second kappa shape index (κ2) is 10.4. The Labute approximate surface area is 184 Å². The van der Waals surface area contributed by atoms with E-state index >= 15 is 0 Å². The fourth-order valence-corrected chi connectivity index (χ4v) is 2.97. The Morgan fingerprint density at radius 3 is 2.73 bits per heavy atom. The third kappa shape index (κ3) is 6.33. The number of nitrogens with one attached hydrogen (secondary N) is 2. The molecule has 2 aromatic carbocycles. The lowest BCUT2D eigenvalue weighted by Gasteiger charge is -2.10. The Kier molecular flexibility index (Phi) is 7.41. The molecule has 1 heterocycles. The number of terminal acetylenes is 1. The third-order valence-corrected chi connectivity index (χ3v) is 4.71. The second-order valence-corrected chi connectivity index (χ2v) is 7.43. The molecule has 0 spiro atoms. The van der Waals surface area contributed by atoms with Gasteiger partial charge in [-0.15, -0.1) is 6.42 Å². The Hall–Kier alpha value is -3.37. The number of carbonyl (C=O) groups excluding carboxylic acids is 1. The van der Waals surface area contributed by atoms with E-state index in [9.17, 15) is 4.79 Å². The molecular formula is C23H21BrN4O2. The molecule has 0 atom stereocenters. The van der Waals surface area contributed by atoms with Crippen molar-refractivity contribution in [3.05, 3.63) is 70.3 Å². The molecule has 1 aromatic heterocycles. The Bertz CT molecular complexity index is 1060. The van der Waals surface area contributed by atoms with E-state index in [2.05, 4.69) is 54.6 Å². The molecule has 3 rings (SSSR count). The fraction of sp³-hybridized carbons (Fsp3) is 0.174. The number of halogens is 1. The maximum absolute atomic E-state index is 12.3. The topological polar surface area (TPSA) is 76.1 Å². The van der Waals surface area contributed by atoms with Gasteiger partial charge in [-0.1, -0.05) is 41.8 Å². The highest BCUT2D eigenvalue weighted by Crippen LogP contribution is 2.24. The van der Waals surface area contributed by atoms with Crippen LogP contribution in [0.4, 0.5) is 17.3 Å². The van der Waals surface area contributed by atoms with E-state index < -0.39 is 0 Å². The summed E-state index contributed by atoms with van der Waals surface area (Å²) >= 11 is 3.33. The Morgan fingerprint density at radius 2 is 1.97 bits per heavy atom. The summed E-state index contributed by atoms with van der Waals surface area (Å²) in [5, 5.41) is 6.02. The van der Waals surface area contributed by atoms with Crippen LogP contribution in [0, 0.1) is 19.3 Å². The monoisotopic (exact) mass is 464 g/mol. The van der Waals surface area contributed by atoms with Crippen molar-refractivity contribution in [3.63, 3.8) is 0 Å². The highest BCUT2D eigenvalue weighted by atomic mass is 79.9. The summed E-state index contributed by atoms with van der Waals surface area (Å²) in [5.74, 6) is 3.06. The molecule has 0 aliphatic rings. The normalized spacial score (nSPS) is 10.2. The van der Waals surface area contributed by atoms with Gasteiger partial charge in [-0.05, 0) is 53.0 Å². The van der Waals surface area contributed by atoms with E-state index in [4.69, 9.17) is 11.2 Å². The van der Waals surface area contributed by atoms with Gasteiger partial charge in [-0.2, -0.15) is 4.98 Å². The average molecular weight is 465 g/mol. The number of aromatic nitrogens is 2. The lowest BCUT2D eigenvalue weighted by atomic mass is 10.1. The van der Waals surface area contributed by atoms with Gasteiger partial charge in [-0.25, -0.2) is 4.98 Å². The minimum atomic E-state index is -0.0439. The summed E-state index contributed by atoms with van der Waals surface area (Å²) in [7, 11) is 0. The molecule has 3 aromatic rings. The minimum absolute atomic E-state index is 0.0439. The lowest BCUT2D eigenvalue weighted by Crippen LogP contribution is -2.12. The molecule has 0 unspecified atom stereocenters. The number of rotatable bonds is 8. The number of nitrogens with zero attached hydrogens (tertiary/aromatic N) is 2. The number of hydrogen-bond donors (Lipinski definition) is 2. The van der Waals surface area contributed by atoms with E-state index in [1.54, 1.807) is 6.20 Å². The summed E-state index contributed by atoms with van der Waals surface area (Å²) in [5.41, 5.74) is 3.77. The van der Waals surface area contributed by atoms with Crippen molar-refractivity contribution in [1.82, 2.24) is 9.97 Å². The maximum atomic E-state index is 12.3. The zero-order valence-corrected chi connectivity index (χ0v) is 18.1. The van der Waals surface area contributed by atoms with Gasteiger partial charge in [0.05, 0.1) is 10.7 Å². The second-order valence-electron chi connectivity index (χ2n) is 6.58. The maximum Gasteiger partial charge on any atom is 0.233 e. The van der Waals surface area contributed by atoms with Crippen LogP contribution < -0.4 is 15.4 Å². The number of carbonyl (C=O) groups is 1. The van der Waals surface area contributed by atoms with E-state index in [0.29, 0.717) is 34.8 Å². The first-order valence-electron chi connectivity index (χ1n) is 9.35. The van der Waals surface area contributed by atoms with Gasteiger partial charge in [0.25, 0.3) is 0 Å². The molecule has 0 saturated carbocycles. The van der Waals surface area contributed by atoms with Crippen molar-refractivity contribution in [3.8, 4) is 18.2 Å². The van der Waals surface area contributed by atoms with E-state index in [1.165, 1.54) is 5.56 Å². The van der Waals surface area contributed by atoms with Crippen molar-refractivity contribution >= 4 is 39.2 Å². The van der Waals surface area contributed by atoms with Crippen LogP contribution in [0.15, 0.2) is 59.2 Å². The number of amides is 1. The number of aryl methyl sites for hydroxylation is 2. The van der Waals surface area contributed by atoms with E-state index in [-0.39, 0.29) is 12.5 Å². The molecule has 30 heavy (non-hydrogen) atoms. The van der Waals surface area contributed by atoms with Crippen molar-refractivity contribution in [2.45, 2.75) is 19.8 Å². The first-order chi connectivity index (χ1) is 14.5. The number of anilines is 3. The van der Waals surface area contributed by atoms with Crippen molar-refractivity contribution in [2.75, 3.05) is 17.2 Å². The summed E-state index contributed by atoms with van der Waals surface area (Å²) in [6, 6.07) is 15.5. The predicted octanol–water partition coefficient (Wildman–Crippen LogP) is 4.87. The summed E-state index contributed by atoms with van der Waals surface area (Å²) < 4.78 is 5.99. The summed E-state index contributed by atoms with van der Waals surface area (Å²) in [4.78, 5) is 20.8. The first kappa shape index (κ1) is 21.3. The molecule has 152 valence electrons. The van der Waals surface area contributed by atoms with Crippen LogP contribution in [0.3, 0.4) is 0 Å². The standard InChI is InChI=1S/C23H21BrN4O2/c1-3-13-30-22-20(24)15-25-23(28-22)27-19-6-4-5-18(14-19)26-21(29)12-11-17-9-7-16(2)8-10-17/h1,4-10,14-15H,11-13H2,2H3,(H,26,29)(H,25,27,28). The average Bonchev–Trinajstić information content (AvgIpc) is 2.74. The van der Waals surface area contributed by atoms with Crippen LogP contribution in [-0.4, -0.2) is 22.5 Å². The van der Waals surface area contributed by atoms with Gasteiger partial charge in [0, 0.05) is 17.8 Å². The highest BCUT2D eigenvalue weighted by Gasteiger charge is 2.08. The van der Waals surface area contributed by atoms with Gasteiger partial charge < -0.3 is 15.4 Å². The minimum Gasteiger partial charge on any atom is -0.464 e. The summed E-state index contributed by atoms with van der Waals surface area (Å²) in [6.45, 7) is 2.15. The Morgan fingerprint density at radius 1 is 1.20 bits per heavy atom. The van der Waals surface area contributed by atoms with Gasteiger partial charge >= 0.3 is 0 Å². The van der Waals surface area contributed by atoms with Crippen LogP contribution in [0.1, 0.15) is 17.5 Å². The first-order valence-corrected chi connectivity index (χ1v) is 10.1. The highest BCUT2D eigenvalue weighted by molar-refractivity contribution is 9.10. The van der Waals surface area contributed by atoms with E-state index in [1.807, 2.05) is 43.3 Å². The predicted molar refractivity (Wildman–Crippen MR) is 122 cm³/mol. The molecule has 6 nitrogen and oxygen atoms in total. The number of hydrogen-bond acceptors (Lipinski definition) is 5. The lowest BCUT2D eigenvalue weighted by molar-refractivity contribution is -0.116. The third-order valence-electron chi connectivity index (χ3n) is 4.17. The van der Waals surface area contributed by atoms with Crippen LogP contribution in [0.2, 0.25) is 0 Å². The van der Waals surface area contributed by atoms with Crippen LogP contribution >= 0.6 is 15.9 Å². The van der Waals surface area contributed by atoms with Crippen molar-refractivity contribution in [1.29, 1.82) is 0 Å². The van der Waals surface area contributed by atoms with Crippen LogP contribution in [0.5, 0.6) is 5.88 Å². The van der Waals surface area contributed by atoms with E-state index in [0.717, 1.165) is 11.3 Å².